The number of hydrogen-bond donors (Lipinski definition) is 1. The first-order chi connectivity index (χ1) is 9.78. The summed E-state index contributed by atoms with van der Waals surface area (Å²) in [4.78, 5) is 16.7. The van der Waals surface area contributed by atoms with Crippen molar-refractivity contribution in [1.82, 2.24) is 4.90 Å². The highest BCUT2D eigenvalue weighted by Crippen LogP contribution is 2.24. The number of carbonyl (C=O) groups excluding carboxylic acids is 1. The molecule has 126 valence electrons. The van der Waals surface area contributed by atoms with Crippen LogP contribution in [-0.4, -0.2) is 55.7 Å². The average Bonchev–Trinajstić information content (AvgIpc) is 3.18. The van der Waals surface area contributed by atoms with Crippen molar-refractivity contribution in [2.24, 2.45) is 5.73 Å². The molecule has 3 heterocycles. The van der Waals surface area contributed by atoms with Crippen LogP contribution < -0.4 is 10.6 Å². The lowest BCUT2D eigenvalue weighted by atomic mass is 10.1. The number of amides is 1. The van der Waals surface area contributed by atoms with Gasteiger partial charge in [-0.25, -0.2) is 0 Å². The van der Waals surface area contributed by atoms with Crippen molar-refractivity contribution in [2.45, 2.75) is 25.0 Å². The van der Waals surface area contributed by atoms with E-state index in [1.165, 1.54) is 5.00 Å². The third-order valence-corrected chi connectivity index (χ3v) is 4.98. The van der Waals surface area contributed by atoms with E-state index in [0.29, 0.717) is 6.54 Å². The second-order valence-corrected chi connectivity index (χ2v) is 6.25. The van der Waals surface area contributed by atoms with Crippen molar-refractivity contribution < 1.29 is 9.53 Å². The number of piperazine rings is 1. The SMILES string of the molecule is Cl.Cl.NC[C@H]1CC[C@@H](C(=O)N2CCN(c3cccs3)CC2)O1. The van der Waals surface area contributed by atoms with E-state index < -0.39 is 0 Å². The first-order valence-corrected chi connectivity index (χ1v) is 8.08. The van der Waals surface area contributed by atoms with Crippen molar-refractivity contribution in [2.75, 3.05) is 37.6 Å². The molecule has 0 radical (unpaired) electrons. The number of halogens is 2. The van der Waals surface area contributed by atoms with Gasteiger partial charge in [-0.1, -0.05) is 0 Å². The van der Waals surface area contributed by atoms with Crippen LogP contribution in [0.25, 0.3) is 0 Å². The summed E-state index contributed by atoms with van der Waals surface area (Å²) in [5, 5.41) is 3.38. The minimum absolute atomic E-state index is 0. The Morgan fingerprint density at radius 1 is 1.27 bits per heavy atom. The zero-order valence-electron chi connectivity index (χ0n) is 12.3. The summed E-state index contributed by atoms with van der Waals surface area (Å²) in [7, 11) is 0. The number of nitrogens with zero attached hydrogens (tertiary/aromatic N) is 2. The summed E-state index contributed by atoms with van der Waals surface area (Å²) < 4.78 is 5.70. The van der Waals surface area contributed by atoms with Gasteiger partial charge in [0.1, 0.15) is 6.10 Å². The average molecular weight is 368 g/mol. The molecule has 2 atom stereocenters. The van der Waals surface area contributed by atoms with Gasteiger partial charge in [-0.15, -0.1) is 36.2 Å². The summed E-state index contributed by atoms with van der Waals surface area (Å²) in [6, 6.07) is 4.20. The van der Waals surface area contributed by atoms with Crippen LogP contribution in [0.15, 0.2) is 17.5 Å². The molecular weight excluding hydrogens is 345 g/mol. The van der Waals surface area contributed by atoms with E-state index in [-0.39, 0.29) is 42.9 Å². The number of anilines is 1. The molecule has 22 heavy (non-hydrogen) atoms. The van der Waals surface area contributed by atoms with Crippen molar-refractivity contribution in [3.05, 3.63) is 17.5 Å². The van der Waals surface area contributed by atoms with Gasteiger partial charge < -0.3 is 20.3 Å². The highest BCUT2D eigenvalue weighted by Gasteiger charge is 2.34. The van der Waals surface area contributed by atoms with Crippen LogP contribution >= 0.6 is 36.2 Å². The Morgan fingerprint density at radius 2 is 2.00 bits per heavy atom. The first-order valence-electron chi connectivity index (χ1n) is 7.20. The van der Waals surface area contributed by atoms with E-state index in [9.17, 15) is 4.79 Å². The van der Waals surface area contributed by atoms with Gasteiger partial charge in [-0.3, -0.25) is 4.79 Å². The lowest BCUT2D eigenvalue weighted by Crippen LogP contribution is -2.51. The second-order valence-electron chi connectivity index (χ2n) is 5.32. The lowest BCUT2D eigenvalue weighted by molar-refractivity contribution is -0.143. The van der Waals surface area contributed by atoms with Gasteiger partial charge in [0.05, 0.1) is 11.1 Å². The molecule has 2 aliphatic heterocycles. The van der Waals surface area contributed by atoms with E-state index in [1.54, 1.807) is 11.3 Å². The maximum atomic E-state index is 12.4. The van der Waals surface area contributed by atoms with Gasteiger partial charge in [-0.05, 0) is 30.4 Å². The Labute approximate surface area is 147 Å². The van der Waals surface area contributed by atoms with E-state index >= 15 is 0 Å². The largest absolute Gasteiger partial charge is 0.364 e. The smallest absolute Gasteiger partial charge is 0.251 e. The molecule has 2 saturated heterocycles. The molecule has 2 aliphatic rings. The second kappa shape index (κ2) is 8.93. The van der Waals surface area contributed by atoms with E-state index in [4.69, 9.17) is 10.5 Å². The summed E-state index contributed by atoms with van der Waals surface area (Å²) in [6.45, 7) is 3.88. The molecule has 1 aromatic heterocycles. The zero-order chi connectivity index (χ0) is 13.9. The van der Waals surface area contributed by atoms with Crippen LogP contribution in [0.2, 0.25) is 0 Å². The molecule has 0 unspecified atom stereocenters. The van der Waals surface area contributed by atoms with Crippen LogP contribution in [-0.2, 0) is 9.53 Å². The van der Waals surface area contributed by atoms with Crippen LogP contribution in [0.1, 0.15) is 12.8 Å². The Balaban J connectivity index is 0.00000121. The number of ether oxygens (including phenoxy) is 1. The number of nitrogens with two attached hydrogens (primary N) is 1. The van der Waals surface area contributed by atoms with Crippen LogP contribution in [0.4, 0.5) is 5.00 Å². The molecule has 1 amide bonds. The fourth-order valence-electron chi connectivity index (χ4n) is 2.86. The quantitative estimate of drug-likeness (QED) is 0.883. The molecule has 0 aliphatic carbocycles. The predicted octanol–water partition coefficient (Wildman–Crippen LogP) is 1.75. The number of hydrogen-bond acceptors (Lipinski definition) is 5. The van der Waals surface area contributed by atoms with Gasteiger partial charge in [0.2, 0.25) is 0 Å². The van der Waals surface area contributed by atoms with Gasteiger partial charge >= 0.3 is 0 Å². The predicted molar refractivity (Wildman–Crippen MR) is 94.6 cm³/mol. The molecule has 2 fully saturated rings. The summed E-state index contributed by atoms with van der Waals surface area (Å²) >= 11 is 1.75. The Kier molecular flexibility index (Phi) is 7.93. The topological polar surface area (TPSA) is 58.8 Å². The van der Waals surface area contributed by atoms with Crippen LogP contribution in [0.5, 0.6) is 0 Å². The normalized spacial score (nSPS) is 24.6. The van der Waals surface area contributed by atoms with Crippen molar-refractivity contribution in [1.29, 1.82) is 0 Å². The standard InChI is InChI=1S/C14H21N3O2S.2ClH/c15-10-11-3-4-12(19-11)14(18)17-7-5-16(6-8-17)13-2-1-9-20-13;;/h1-2,9,11-12H,3-8,10,15H2;2*1H/t11-,12+;;/m1../s1. The fourth-order valence-corrected chi connectivity index (χ4v) is 3.65. The summed E-state index contributed by atoms with van der Waals surface area (Å²) in [5.41, 5.74) is 5.59. The molecule has 0 saturated carbocycles. The minimum atomic E-state index is -0.267. The molecule has 3 rings (SSSR count). The highest BCUT2D eigenvalue weighted by molar-refractivity contribution is 7.14. The molecule has 0 bridgehead atoms. The maximum Gasteiger partial charge on any atom is 0.251 e. The molecule has 0 spiro atoms. The number of rotatable bonds is 3. The van der Waals surface area contributed by atoms with Crippen molar-refractivity contribution >= 4 is 47.1 Å². The molecule has 0 aromatic carbocycles. The monoisotopic (exact) mass is 367 g/mol. The fraction of sp³-hybridized carbons (Fsp3) is 0.643. The van der Waals surface area contributed by atoms with Gasteiger partial charge in [0, 0.05) is 32.7 Å². The van der Waals surface area contributed by atoms with Crippen molar-refractivity contribution in [3.8, 4) is 0 Å². The molecule has 8 heteroatoms. The summed E-state index contributed by atoms with van der Waals surface area (Å²) in [5.74, 6) is 0.145. The third-order valence-electron chi connectivity index (χ3n) is 4.06. The lowest BCUT2D eigenvalue weighted by Gasteiger charge is -2.36. The Morgan fingerprint density at radius 3 is 2.55 bits per heavy atom. The molecule has 1 aromatic rings. The van der Waals surface area contributed by atoms with E-state index in [0.717, 1.165) is 39.0 Å². The molecular formula is C14H23Cl2N3O2S. The minimum Gasteiger partial charge on any atom is -0.364 e. The van der Waals surface area contributed by atoms with E-state index in [1.807, 2.05) is 4.90 Å². The van der Waals surface area contributed by atoms with Gasteiger partial charge in [0.25, 0.3) is 5.91 Å². The highest BCUT2D eigenvalue weighted by atomic mass is 35.5. The third kappa shape index (κ3) is 4.26. The molecule has 5 nitrogen and oxygen atoms in total. The van der Waals surface area contributed by atoms with Crippen LogP contribution in [0, 0.1) is 0 Å². The Bertz CT molecular complexity index is 453. The number of thiophene rings is 1. The summed E-state index contributed by atoms with van der Waals surface area (Å²) in [6.07, 6.45) is 1.52. The number of carbonyl (C=O) groups is 1. The van der Waals surface area contributed by atoms with Crippen LogP contribution in [0.3, 0.4) is 0 Å². The van der Waals surface area contributed by atoms with Crippen molar-refractivity contribution in [3.63, 3.8) is 0 Å². The first kappa shape index (κ1) is 19.5. The Hall–Kier alpha value is -0.530. The maximum absolute atomic E-state index is 12.4. The zero-order valence-corrected chi connectivity index (χ0v) is 14.8. The van der Waals surface area contributed by atoms with Gasteiger partial charge in [0.15, 0.2) is 0 Å². The molecule has 2 N–H and O–H groups in total. The van der Waals surface area contributed by atoms with Gasteiger partial charge in [-0.2, -0.15) is 0 Å². The van der Waals surface area contributed by atoms with E-state index in [2.05, 4.69) is 22.4 Å².